The fourth-order valence-corrected chi connectivity index (χ4v) is 3.40. The molecule has 2 aromatic rings. The highest BCUT2D eigenvalue weighted by Crippen LogP contribution is 2.27. The van der Waals surface area contributed by atoms with E-state index in [4.69, 9.17) is 25.8 Å². The lowest BCUT2D eigenvalue weighted by Crippen LogP contribution is -2.31. The van der Waals surface area contributed by atoms with Crippen molar-refractivity contribution in [3.05, 3.63) is 58.1 Å². The first-order valence-corrected chi connectivity index (χ1v) is 10.0. The second kappa shape index (κ2) is 10.3. The second-order valence-corrected chi connectivity index (χ2v) is 7.25. The third kappa shape index (κ3) is 5.06. The number of imide groups is 1. The highest BCUT2D eigenvalue weighted by molar-refractivity contribution is 6.32. The van der Waals surface area contributed by atoms with E-state index in [0.717, 1.165) is 4.90 Å². The lowest BCUT2D eigenvalue weighted by molar-refractivity contribution is -0.119. The zero-order valence-corrected chi connectivity index (χ0v) is 18.2. The first-order valence-electron chi connectivity index (χ1n) is 9.65. The third-order valence-corrected chi connectivity index (χ3v) is 5.00. The molecule has 0 bridgehead atoms. The molecule has 0 atom stereocenters. The molecule has 0 fully saturated rings. The van der Waals surface area contributed by atoms with Gasteiger partial charge in [-0.15, -0.1) is 0 Å². The van der Waals surface area contributed by atoms with Crippen LogP contribution < -0.4 is 10.1 Å². The Morgan fingerprint density at radius 2 is 1.78 bits per heavy atom. The standard InChI is InChI=1S/C22H21ClN2O7/c1-30-9-3-8-25-20(27)15-6-4-13(10-16(15)21(25)28)22(29)32-12-19(26)24-14-5-7-18(31-2)17(23)11-14/h4-7,10-11H,3,8-9,12H2,1-2H3,(H,24,26). The molecular formula is C22H21ClN2O7. The lowest BCUT2D eigenvalue weighted by atomic mass is 10.1. The molecule has 3 amide bonds. The number of benzene rings is 2. The normalized spacial score (nSPS) is 12.5. The Kier molecular flexibility index (Phi) is 7.45. The molecule has 1 aliphatic heterocycles. The van der Waals surface area contributed by atoms with Gasteiger partial charge in [0.25, 0.3) is 17.7 Å². The number of nitrogens with zero attached hydrogens (tertiary/aromatic N) is 1. The summed E-state index contributed by atoms with van der Waals surface area (Å²) in [4.78, 5) is 50.5. The molecule has 9 nitrogen and oxygen atoms in total. The number of anilines is 1. The quantitative estimate of drug-likeness (QED) is 0.348. The molecule has 0 spiro atoms. The Hall–Kier alpha value is -3.43. The van der Waals surface area contributed by atoms with Gasteiger partial charge in [0.2, 0.25) is 0 Å². The maximum atomic E-state index is 12.5. The monoisotopic (exact) mass is 460 g/mol. The molecule has 3 rings (SSSR count). The number of hydrogen-bond donors (Lipinski definition) is 1. The van der Waals surface area contributed by atoms with Crippen molar-refractivity contribution in [3.63, 3.8) is 0 Å². The zero-order valence-electron chi connectivity index (χ0n) is 17.5. The maximum Gasteiger partial charge on any atom is 0.338 e. The van der Waals surface area contributed by atoms with Crippen LogP contribution in [0.4, 0.5) is 5.69 Å². The minimum absolute atomic E-state index is 0.0592. The van der Waals surface area contributed by atoms with Gasteiger partial charge in [-0.3, -0.25) is 19.3 Å². The highest BCUT2D eigenvalue weighted by atomic mass is 35.5. The Morgan fingerprint density at radius 3 is 2.47 bits per heavy atom. The van der Waals surface area contributed by atoms with Gasteiger partial charge in [0.1, 0.15) is 5.75 Å². The average Bonchev–Trinajstić information content (AvgIpc) is 3.02. The predicted octanol–water partition coefficient (Wildman–Crippen LogP) is 2.78. The topological polar surface area (TPSA) is 111 Å². The van der Waals surface area contributed by atoms with E-state index in [0.29, 0.717) is 29.5 Å². The number of carbonyl (C=O) groups excluding carboxylic acids is 4. The maximum absolute atomic E-state index is 12.5. The number of rotatable bonds is 9. The minimum atomic E-state index is -0.797. The SMILES string of the molecule is COCCCN1C(=O)c2ccc(C(=O)OCC(=O)Nc3ccc(OC)c(Cl)c3)cc2C1=O. The molecule has 0 aromatic heterocycles. The number of ether oxygens (including phenoxy) is 3. The lowest BCUT2D eigenvalue weighted by Gasteiger charge is -2.12. The zero-order chi connectivity index (χ0) is 23.3. The molecule has 1 N–H and O–H groups in total. The molecule has 0 saturated carbocycles. The Bertz CT molecular complexity index is 1070. The van der Waals surface area contributed by atoms with Gasteiger partial charge in [-0.2, -0.15) is 0 Å². The van der Waals surface area contributed by atoms with Crippen molar-refractivity contribution in [1.29, 1.82) is 0 Å². The Morgan fingerprint density at radius 1 is 1.03 bits per heavy atom. The fraction of sp³-hybridized carbons (Fsp3) is 0.273. The van der Waals surface area contributed by atoms with Gasteiger partial charge in [0, 0.05) is 25.9 Å². The van der Waals surface area contributed by atoms with Gasteiger partial charge in [-0.1, -0.05) is 11.6 Å². The van der Waals surface area contributed by atoms with E-state index in [1.165, 1.54) is 38.5 Å². The molecule has 32 heavy (non-hydrogen) atoms. The second-order valence-electron chi connectivity index (χ2n) is 6.84. The van der Waals surface area contributed by atoms with Gasteiger partial charge in [-0.25, -0.2) is 4.79 Å². The van der Waals surface area contributed by atoms with Crippen LogP contribution in [0, 0.1) is 0 Å². The molecule has 0 saturated heterocycles. The molecule has 0 unspecified atom stereocenters. The minimum Gasteiger partial charge on any atom is -0.495 e. The number of esters is 1. The van der Waals surface area contributed by atoms with E-state index < -0.39 is 30.3 Å². The van der Waals surface area contributed by atoms with E-state index in [9.17, 15) is 19.2 Å². The smallest absolute Gasteiger partial charge is 0.338 e. The van der Waals surface area contributed by atoms with Gasteiger partial charge in [0.05, 0.1) is 28.8 Å². The molecule has 1 heterocycles. The van der Waals surface area contributed by atoms with E-state index in [-0.39, 0.29) is 23.2 Å². The largest absolute Gasteiger partial charge is 0.495 e. The van der Waals surface area contributed by atoms with Gasteiger partial charge in [0.15, 0.2) is 6.61 Å². The van der Waals surface area contributed by atoms with Crippen molar-refractivity contribution in [2.45, 2.75) is 6.42 Å². The summed E-state index contributed by atoms with van der Waals surface area (Å²) >= 11 is 6.01. The summed E-state index contributed by atoms with van der Waals surface area (Å²) in [5, 5.41) is 2.87. The van der Waals surface area contributed by atoms with E-state index in [1.807, 2.05) is 0 Å². The molecule has 10 heteroatoms. The van der Waals surface area contributed by atoms with Crippen LogP contribution in [-0.2, 0) is 14.3 Å². The predicted molar refractivity (Wildman–Crippen MR) is 115 cm³/mol. The fourth-order valence-electron chi connectivity index (χ4n) is 3.14. The summed E-state index contributed by atoms with van der Waals surface area (Å²) in [5.41, 5.74) is 0.813. The number of methoxy groups -OCH3 is 2. The van der Waals surface area contributed by atoms with E-state index in [1.54, 1.807) is 12.1 Å². The Balaban J connectivity index is 1.60. The third-order valence-electron chi connectivity index (χ3n) is 4.71. The van der Waals surface area contributed by atoms with Crippen LogP contribution >= 0.6 is 11.6 Å². The number of halogens is 1. The molecular weight excluding hydrogens is 440 g/mol. The van der Waals surface area contributed by atoms with Crippen LogP contribution in [0.3, 0.4) is 0 Å². The summed E-state index contributed by atoms with van der Waals surface area (Å²) in [6.07, 6.45) is 0.505. The summed E-state index contributed by atoms with van der Waals surface area (Å²) in [6, 6.07) is 8.77. The van der Waals surface area contributed by atoms with Crippen molar-refractivity contribution in [2.24, 2.45) is 0 Å². The summed E-state index contributed by atoms with van der Waals surface area (Å²) in [6.45, 7) is 0.0842. The van der Waals surface area contributed by atoms with Crippen LogP contribution in [0.5, 0.6) is 5.75 Å². The number of amides is 3. The van der Waals surface area contributed by atoms with Crippen molar-refractivity contribution < 1.29 is 33.4 Å². The first kappa shape index (κ1) is 23.2. The van der Waals surface area contributed by atoms with Gasteiger partial charge < -0.3 is 19.5 Å². The molecule has 1 aliphatic rings. The number of fused-ring (bicyclic) bond motifs is 1. The van der Waals surface area contributed by atoms with Crippen molar-refractivity contribution in [3.8, 4) is 5.75 Å². The van der Waals surface area contributed by atoms with Gasteiger partial charge >= 0.3 is 5.97 Å². The number of carbonyl (C=O) groups is 4. The van der Waals surface area contributed by atoms with E-state index >= 15 is 0 Å². The van der Waals surface area contributed by atoms with Crippen LogP contribution in [0.2, 0.25) is 5.02 Å². The summed E-state index contributed by atoms with van der Waals surface area (Å²) < 4.78 is 15.0. The molecule has 2 aromatic carbocycles. The van der Waals surface area contributed by atoms with Crippen molar-refractivity contribution in [1.82, 2.24) is 4.90 Å². The number of nitrogens with one attached hydrogen (secondary N) is 1. The van der Waals surface area contributed by atoms with Crippen LogP contribution in [0.25, 0.3) is 0 Å². The van der Waals surface area contributed by atoms with Crippen molar-refractivity contribution in [2.75, 3.05) is 39.3 Å². The summed E-state index contributed by atoms with van der Waals surface area (Å²) in [5.74, 6) is -1.81. The first-order chi connectivity index (χ1) is 15.3. The van der Waals surface area contributed by atoms with Crippen LogP contribution in [-0.4, -0.2) is 62.6 Å². The van der Waals surface area contributed by atoms with Gasteiger partial charge in [-0.05, 0) is 42.8 Å². The molecule has 168 valence electrons. The molecule has 0 radical (unpaired) electrons. The Labute approximate surface area is 189 Å². The highest BCUT2D eigenvalue weighted by Gasteiger charge is 2.35. The summed E-state index contributed by atoms with van der Waals surface area (Å²) in [7, 11) is 3.01. The average molecular weight is 461 g/mol. The number of hydrogen-bond acceptors (Lipinski definition) is 7. The van der Waals surface area contributed by atoms with E-state index in [2.05, 4.69) is 5.32 Å². The molecule has 0 aliphatic carbocycles. The van der Waals surface area contributed by atoms with Crippen LogP contribution in [0.1, 0.15) is 37.5 Å². The van der Waals surface area contributed by atoms with Crippen molar-refractivity contribution >= 4 is 41.0 Å². The van der Waals surface area contributed by atoms with Crippen LogP contribution in [0.15, 0.2) is 36.4 Å².